The summed E-state index contributed by atoms with van der Waals surface area (Å²) < 4.78 is 5.40. The SMILES string of the molecule is CCCCCCC(O)C(CCCCCCCC(=O)O)OC. The van der Waals surface area contributed by atoms with Crippen LogP contribution in [0.5, 0.6) is 0 Å². The lowest BCUT2D eigenvalue weighted by molar-refractivity contribution is -0.137. The number of hydrogen-bond acceptors (Lipinski definition) is 3. The quantitative estimate of drug-likeness (QED) is 0.446. The summed E-state index contributed by atoms with van der Waals surface area (Å²) in [5.74, 6) is -0.708. The number of aliphatic hydroxyl groups excluding tert-OH is 1. The zero-order valence-corrected chi connectivity index (χ0v) is 13.9. The Bertz CT molecular complexity index is 243. The average molecular weight is 302 g/mol. The molecule has 0 aromatic carbocycles. The number of rotatable bonds is 15. The van der Waals surface area contributed by atoms with Crippen molar-refractivity contribution in [2.24, 2.45) is 0 Å². The first-order valence-electron chi connectivity index (χ1n) is 8.54. The van der Waals surface area contributed by atoms with Crippen LogP contribution in [0.1, 0.15) is 84.0 Å². The first-order chi connectivity index (χ1) is 10.1. The van der Waals surface area contributed by atoms with E-state index < -0.39 is 5.97 Å². The number of carboxylic acid groups (broad SMARTS) is 1. The van der Waals surface area contributed by atoms with E-state index in [-0.39, 0.29) is 18.6 Å². The highest BCUT2D eigenvalue weighted by molar-refractivity contribution is 5.66. The molecule has 0 aliphatic carbocycles. The maximum absolute atomic E-state index is 10.4. The summed E-state index contributed by atoms with van der Waals surface area (Å²) in [6.07, 6.45) is 11.2. The normalized spacial score (nSPS) is 14.0. The highest BCUT2D eigenvalue weighted by Crippen LogP contribution is 2.16. The van der Waals surface area contributed by atoms with Crippen LogP contribution in [0.2, 0.25) is 0 Å². The molecule has 0 heterocycles. The Hall–Kier alpha value is -0.610. The van der Waals surface area contributed by atoms with Crippen molar-refractivity contribution in [1.29, 1.82) is 0 Å². The van der Waals surface area contributed by atoms with Crippen molar-refractivity contribution < 1.29 is 19.7 Å². The van der Waals surface area contributed by atoms with Crippen LogP contribution in [0.25, 0.3) is 0 Å². The number of aliphatic carboxylic acids is 1. The zero-order chi connectivity index (χ0) is 15.9. The topological polar surface area (TPSA) is 66.8 Å². The Morgan fingerprint density at radius 1 is 0.952 bits per heavy atom. The lowest BCUT2D eigenvalue weighted by atomic mass is 10.00. The van der Waals surface area contributed by atoms with Crippen LogP contribution < -0.4 is 0 Å². The van der Waals surface area contributed by atoms with Crippen molar-refractivity contribution in [3.63, 3.8) is 0 Å². The molecule has 0 aromatic rings. The van der Waals surface area contributed by atoms with Gasteiger partial charge in [-0.1, -0.05) is 58.3 Å². The predicted molar refractivity (Wildman–Crippen MR) is 85.5 cm³/mol. The maximum Gasteiger partial charge on any atom is 0.303 e. The second-order valence-corrected chi connectivity index (χ2v) is 5.89. The Kier molecular flexibility index (Phi) is 13.9. The molecule has 0 spiro atoms. The van der Waals surface area contributed by atoms with Crippen LogP contribution >= 0.6 is 0 Å². The third-order valence-electron chi connectivity index (χ3n) is 3.96. The maximum atomic E-state index is 10.4. The van der Waals surface area contributed by atoms with Gasteiger partial charge >= 0.3 is 5.97 Å². The molecule has 0 aromatic heterocycles. The van der Waals surface area contributed by atoms with E-state index >= 15 is 0 Å². The number of ether oxygens (including phenoxy) is 1. The van der Waals surface area contributed by atoms with Gasteiger partial charge < -0.3 is 14.9 Å². The lowest BCUT2D eigenvalue weighted by Crippen LogP contribution is -2.27. The Morgan fingerprint density at radius 3 is 2.14 bits per heavy atom. The van der Waals surface area contributed by atoms with Gasteiger partial charge in [0.25, 0.3) is 0 Å². The number of unbranched alkanes of at least 4 members (excludes halogenated alkanes) is 7. The van der Waals surface area contributed by atoms with Gasteiger partial charge in [-0.2, -0.15) is 0 Å². The largest absolute Gasteiger partial charge is 0.481 e. The molecule has 0 amide bonds. The highest BCUT2D eigenvalue weighted by atomic mass is 16.5. The summed E-state index contributed by atoms with van der Waals surface area (Å²) in [7, 11) is 1.67. The van der Waals surface area contributed by atoms with Gasteiger partial charge in [-0.3, -0.25) is 4.79 Å². The van der Waals surface area contributed by atoms with E-state index in [1.54, 1.807) is 7.11 Å². The smallest absolute Gasteiger partial charge is 0.303 e. The molecule has 0 aliphatic rings. The van der Waals surface area contributed by atoms with Gasteiger partial charge in [0.15, 0.2) is 0 Å². The third-order valence-corrected chi connectivity index (χ3v) is 3.96. The molecule has 0 rings (SSSR count). The van der Waals surface area contributed by atoms with Crippen LogP contribution in [0.15, 0.2) is 0 Å². The van der Waals surface area contributed by atoms with Gasteiger partial charge in [0, 0.05) is 13.5 Å². The van der Waals surface area contributed by atoms with E-state index in [9.17, 15) is 9.90 Å². The van der Waals surface area contributed by atoms with Crippen LogP contribution in [0, 0.1) is 0 Å². The Balaban J connectivity index is 3.57. The van der Waals surface area contributed by atoms with E-state index in [0.29, 0.717) is 0 Å². The van der Waals surface area contributed by atoms with Crippen molar-refractivity contribution in [2.75, 3.05) is 7.11 Å². The zero-order valence-electron chi connectivity index (χ0n) is 13.9. The third kappa shape index (κ3) is 12.8. The Morgan fingerprint density at radius 2 is 1.52 bits per heavy atom. The molecule has 4 nitrogen and oxygen atoms in total. The molecular formula is C17H34O4. The molecule has 0 bridgehead atoms. The summed E-state index contributed by atoms with van der Waals surface area (Å²) in [6.45, 7) is 2.19. The van der Waals surface area contributed by atoms with Crippen LogP contribution in [0.4, 0.5) is 0 Å². The van der Waals surface area contributed by atoms with E-state index in [1.807, 2.05) is 0 Å². The minimum Gasteiger partial charge on any atom is -0.481 e. The molecule has 21 heavy (non-hydrogen) atoms. The van der Waals surface area contributed by atoms with Crippen molar-refractivity contribution in [3.05, 3.63) is 0 Å². The standard InChI is InChI=1S/C17H34O4/c1-3-4-5-9-12-15(18)16(21-2)13-10-7-6-8-11-14-17(19)20/h15-16,18H,3-14H2,1-2H3,(H,19,20). The minimum absolute atomic E-state index is 0.0503. The van der Waals surface area contributed by atoms with Gasteiger partial charge in [0.2, 0.25) is 0 Å². The molecule has 0 saturated heterocycles. The number of aliphatic hydroxyl groups is 1. The number of carboxylic acids is 1. The first kappa shape index (κ1) is 20.4. The van der Waals surface area contributed by atoms with Crippen LogP contribution in [0.3, 0.4) is 0 Å². The molecule has 2 unspecified atom stereocenters. The highest BCUT2D eigenvalue weighted by Gasteiger charge is 2.17. The van der Waals surface area contributed by atoms with Crippen molar-refractivity contribution in [2.45, 2.75) is 96.2 Å². The van der Waals surface area contributed by atoms with E-state index in [4.69, 9.17) is 9.84 Å². The fraction of sp³-hybridized carbons (Fsp3) is 0.941. The summed E-state index contributed by atoms with van der Waals surface area (Å²) in [6, 6.07) is 0. The van der Waals surface area contributed by atoms with Crippen molar-refractivity contribution in [1.82, 2.24) is 0 Å². The van der Waals surface area contributed by atoms with Crippen molar-refractivity contribution in [3.8, 4) is 0 Å². The van der Waals surface area contributed by atoms with Gasteiger partial charge in [-0.25, -0.2) is 0 Å². The number of carbonyl (C=O) groups is 1. The van der Waals surface area contributed by atoms with E-state index in [0.717, 1.165) is 51.4 Å². The molecular weight excluding hydrogens is 268 g/mol. The minimum atomic E-state index is -0.708. The summed E-state index contributed by atoms with van der Waals surface area (Å²) in [5, 5.41) is 18.7. The first-order valence-corrected chi connectivity index (χ1v) is 8.54. The fourth-order valence-electron chi connectivity index (χ4n) is 2.59. The summed E-state index contributed by atoms with van der Waals surface area (Å²) >= 11 is 0. The summed E-state index contributed by atoms with van der Waals surface area (Å²) in [4.78, 5) is 10.4. The molecule has 2 N–H and O–H groups in total. The van der Waals surface area contributed by atoms with Crippen molar-refractivity contribution >= 4 is 5.97 Å². The molecule has 0 radical (unpaired) electrons. The average Bonchev–Trinajstić information content (AvgIpc) is 2.46. The second-order valence-electron chi connectivity index (χ2n) is 5.89. The molecule has 0 saturated carbocycles. The van der Waals surface area contributed by atoms with E-state index in [2.05, 4.69) is 6.92 Å². The number of methoxy groups -OCH3 is 1. The molecule has 2 atom stereocenters. The Labute approximate surface area is 129 Å². The van der Waals surface area contributed by atoms with Gasteiger partial charge in [0.1, 0.15) is 0 Å². The van der Waals surface area contributed by atoms with E-state index in [1.165, 1.54) is 19.3 Å². The van der Waals surface area contributed by atoms with Crippen LogP contribution in [-0.4, -0.2) is 35.5 Å². The summed E-state index contributed by atoms with van der Waals surface area (Å²) in [5.41, 5.74) is 0. The predicted octanol–water partition coefficient (Wildman–Crippen LogP) is 4.15. The molecule has 0 aliphatic heterocycles. The lowest BCUT2D eigenvalue weighted by Gasteiger charge is -2.21. The fourth-order valence-corrected chi connectivity index (χ4v) is 2.59. The second kappa shape index (κ2) is 14.3. The van der Waals surface area contributed by atoms with Gasteiger partial charge in [-0.15, -0.1) is 0 Å². The monoisotopic (exact) mass is 302 g/mol. The molecule has 0 fully saturated rings. The van der Waals surface area contributed by atoms with Crippen LogP contribution in [-0.2, 0) is 9.53 Å². The van der Waals surface area contributed by atoms with Gasteiger partial charge in [0.05, 0.1) is 12.2 Å². The molecule has 4 heteroatoms. The molecule has 126 valence electrons. The number of hydrogen-bond donors (Lipinski definition) is 2. The van der Waals surface area contributed by atoms with Gasteiger partial charge in [-0.05, 0) is 19.3 Å².